The lowest BCUT2D eigenvalue weighted by atomic mass is 9.96. The van der Waals surface area contributed by atoms with Gasteiger partial charge >= 0.3 is 5.97 Å². The van der Waals surface area contributed by atoms with Crippen LogP contribution < -0.4 is 5.32 Å². The summed E-state index contributed by atoms with van der Waals surface area (Å²) in [6, 6.07) is 0. The van der Waals surface area contributed by atoms with E-state index >= 15 is 0 Å². The summed E-state index contributed by atoms with van der Waals surface area (Å²) in [6.45, 7) is -2.36. The minimum absolute atomic E-state index is 0.0174. The van der Waals surface area contributed by atoms with Gasteiger partial charge in [0.15, 0.2) is 18.9 Å². The predicted octanol–water partition coefficient (Wildman–Crippen LogP) is -4.92. The van der Waals surface area contributed by atoms with E-state index in [-0.39, 0.29) is 44.7 Å². The highest BCUT2D eigenvalue weighted by Crippen LogP contribution is 2.31. The van der Waals surface area contributed by atoms with Crippen LogP contribution in [0.3, 0.4) is 0 Å². The molecule has 4 aliphatic heterocycles. The summed E-state index contributed by atoms with van der Waals surface area (Å²) in [7, 11) is 0. The number of carbonyl (C=O) groups is 4. The average molecular weight is 857 g/mol. The SMILES string of the molecule is O=C(CCCCCCCCCCC(=O)ON1C(=O)CCC1=O)NCCO[C@H]1O[C@H](COC2O[C@H](CO)[C@@H](O)[C@H](O)[C@@H]2O)[C@@H](O)[C@H](O[C@H]2O[C@H](CO)[C@@H](O)[C@H](O)[C@@H]2O)[C@@H]1O. The Morgan fingerprint density at radius 3 is 1.66 bits per heavy atom. The predicted molar refractivity (Wildman–Crippen MR) is 191 cm³/mol. The second-order valence-electron chi connectivity index (χ2n) is 14.9. The molecule has 4 saturated heterocycles. The van der Waals surface area contributed by atoms with Gasteiger partial charge in [0.1, 0.15) is 73.2 Å². The van der Waals surface area contributed by atoms with Crippen LogP contribution in [0.15, 0.2) is 0 Å². The highest BCUT2D eigenvalue weighted by Gasteiger charge is 2.52. The van der Waals surface area contributed by atoms with Crippen LogP contribution in [0.25, 0.3) is 0 Å². The molecule has 4 heterocycles. The maximum atomic E-state index is 12.4. The lowest BCUT2D eigenvalue weighted by Crippen LogP contribution is -2.65. The zero-order valence-electron chi connectivity index (χ0n) is 32.6. The van der Waals surface area contributed by atoms with E-state index in [9.17, 15) is 70.2 Å². The number of rotatable bonds is 23. The Kier molecular flexibility index (Phi) is 20.1. The van der Waals surface area contributed by atoms with Gasteiger partial charge in [0.05, 0.1) is 26.4 Å². The molecule has 0 spiro atoms. The second-order valence-corrected chi connectivity index (χ2v) is 14.9. The quantitative estimate of drug-likeness (QED) is 0.0339. The van der Waals surface area contributed by atoms with Gasteiger partial charge in [-0.1, -0.05) is 38.5 Å². The van der Waals surface area contributed by atoms with Crippen LogP contribution in [0.4, 0.5) is 0 Å². The fraction of sp³-hybridized carbons (Fsp3) is 0.889. The fourth-order valence-corrected chi connectivity index (χ4v) is 6.94. The van der Waals surface area contributed by atoms with Crippen molar-refractivity contribution in [2.24, 2.45) is 0 Å². The van der Waals surface area contributed by atoms with E-state index in [2.05, 4.69) is 5.32 Å². The molecule has 0 aromatic carbocycles. The van der Waals surface area contributed by atoms with Crippen molar-refractivity contribution in [2.45, 2.75) is 169 Å². The van der Waals surface area contributed by atoms with Crippen molar-refractivity contribution in [3.63, 3.8) is 0 Å². The van der Waals surface area contributed by atoms with Crippen LogP contribution in [0, 0.1) is 0 Å². The third-order valence-corrected chi connectivity index (χ3v) is 10.5. The second kappa shape index (κ2) is 24.2. The molecule has 23 nitrogen and oxygen atoms in total. The molecule has 23 heteroatoms. The first-order valence-corrected chi connectivity index (χ1v) is 20.0. The topological polar surface area (TPSA) is 350 Å². The van der Waals surface area contributed by atoms with E-state index in [1.165, 1.54) is 0 Å². The number of aliphatic hydroxyl groups is 10. The van der Waals surface area contributed by atoms with Gasteiger partial charge in [-0.15, -0.1) is 5.06 Å². The van der Waals surface area contributed by atoms with Crippen LogP contribution in [0.5, 0.6) is 0 Å². The molecular weight excluding hydrogens is 796 g/mol. The standard InChI is InChI=1S/C36H60N2O21/c39-15-18-25(45)28(48)30(50)34(55-18)54-17-20-27(47)33(58-36-31(51)29(49)26(46)19(16-40)56-36)32(52)35(57-20)53-14-13-37-21(41)9-7-5-3-1-2-4-6-8-10-24(44)59-38-22(42)11-12-23(38)43/h18-20,25-36,39-40,45-52H,1-17H2,(H,37,41)/t18-,19-,20-,25-,26-,27-,28+,29+,30+,31+,32+,33+,34?,35+,36-/m1/s1. The summed E-state index contributed by atoms with van der Waals surface area (Å²) in [5.74, 6) is -1.89. The maximum Gasteiger partial charge on any atom is 0.333 e. The minimum Gasteiger partial charge on any atom is -0.394 e. The molecule has 0 saturated carbocycles. The molecule has 0 aromatic heterocycles. The Hall–Kier alpha value is -2.56. The van der Waals surface area contributed by atoms with E-state index in [4.69, 9.17) is 33.3 Å². The lowest BCUT2D eigenvalue weighted by Gasteiger charge is -2.46. The van der Waals surface area contributed by atoms with E-state index < -0.39 is 130 Å². The highest BCUT2D eigenvalue weighted by molar-refractivity contribution is 6.01. The number of nitrogens with one attached hydrogen (secondary N) is 1. The Bertz CT molecular complexity index is 1310. The number of hydroxylamine groups is 2. The van der Waals surface area contributed by atoms with Crippen molar-refractivity contribution in [1.29, 1.82) is 0 Å². The van der Waals surface area contributed by atoms with Crippen LogP contribution in [0.1, 0.15) is 77.0 Å². The normalized spacial score (nSPS) is 36.5. The summed E-state index contributed by atoms with van der Waals surface area (Å²) in [5.41, 5.74) is 0. The molecule has 0 aromatic rings. The van der Waals surface area contributed by atoms with Gasteiger partial charge in [0.25, 0.3) is 11.8 Å². The number of ether oxygens (including phenoxy) is 6. The van der Waals surface area contributed by atoms with Crippen molar-refractivity contribution < 1.29 is 104 Å². The van der Waals surface area contributed by atoms with Crippen LogP contribution >= 0.6 is 0 Å². The number of unbranched alkanes of at least 4 members (excludes halogenated alkanes) is 7. The van der Waals surface area contributed by atoms with Gasteiger partial charge in [-0.2, -0.15) is 0 Å². The first-order chi connectivity index (χ1) is 28.2. The fourth-order valence-electron chi connectivity index (χ4n) is 6.94. The Morgan fingerprint density at radius 1 is 0.593 bits per heavy atom. The van der Waals surface area contributed by atoms with Gasteiger partial charge < -0.3 is 89.6 Å². The van der Waals surface area contributed by atoms with E-state index in [1.807, 2.05) is 0 Å². The molecule has 0 radical (unpaired) electrons. The van der Waals surface area contributed by atoms with E-state index in [0.717, 1.165) is 38.5 Å². The van der Waals surface area contributed by atoms with E-state index in [1.54, 1.807) is 0 Å². The Balaban J connectivity index is 1.17. The zero-order chi connectivity index (χ0) is 43.2. The first-order valence-electron chi connectivity index (χ1n) is 20.0. The number of imide groups is 1. The molecule has 4 aliphatic rings. The monoisotopic (exact) mass is 856 g/mol. The number of amides is 3. The first kappa shape index (κ1) is 49.1. The number of hydrogen-bond acceptors (Lipinski definition) is 21. The molecule has 340 valence electrons. The summed E-state index contributed by atoms with van der Waals surface area (Å²) in [4.78, 5) is 52.2. The van der Waals surface area contributed by atoms with Crippen molar-refractivity contribution in [3.05, 3.63) is 0 Å². The van der Waals surface area contributed by atoms with E-state index in [0.29, 0.717) is 17.9 Å². The molecule has 0 aliphatic carbocycles. The third-order valence-electron chi connectivity index (χ3n) is 10.5. The van der Waals surface area contributed by atoms with Gasteiger partial charge in [0, 0.05) is 32.2 Å². The molecule has 15 atom stereocenters. The van der Waals surface area contributed by atoms with Crippen molar-refractivity contribution in [2.75, 3.05) is 33.0 Å². The van der Waals surface area contributed by atoms with Crippen LogP contribution in [-0.2, 0) is 52.4 Å². The molecule has 1 unspecified atom stereocenters. The maximum absolute atomic E-state index is 12.4. The largest absolute Gasteiger partial charge is 0.394 e. The molecule has 11 N–H and O–H groups in total. The van der Waals surface area contributed by atoms with Gasteiger partial charge in [-0.05, 0) is 12.8 Å². The third kappa shape index (κ3) is 13.7. The summed E-state index contributed by atoms with van der Waals surface area (Å²) in [6.07, 6.45) is -18.2. The number of carbonyl (C=O) groups excluding carboxylic acids is 4. The molecule has 0 bridgehead atoms. The zero-order valence-corrected chi connectivity index (χ0v) is 32.6. The van der Waals surface area contributed by atoms with Crippen molar-refractivity contribution in [1.82, 2.24) is 10.4 Å². The highest BCUT2D eigenvalue weighted by atomic mass is 16.8. The van der Waals surface area contributed by atoms with Gasteiger partial charge in [0.2, 0.25) is 5.91 Å². The minimum atomic E-state index is -1.90. The Morgan fingerprint density at radius 2 is 1.08 bits per heavy atom. The smallest absolute Gasteiger partial charge is 0.333 e. The summed E-state index contributed by atoms with van der Waals surface area (Å²) < 4.78 is 33.3. The number of hydrogen-bond donors (Lipinski definition) is 11. The lowest BCUT2D eigenvalue weighted by molar-refractivity contribution is -0.366. The average Bonchev–Trinajstić information content (AvgIpc) is 3.53. The number of aliphatic hydroxyl groups excluding tert-OH is 10. The molecule has 3 amide bonds. The molecule has 4 rings (SSSR count). The summed E-state index contributed by atoms with van der Waals surface area (Å²) >= 11 is 0. The number of nitrogens with zero attached hydrogens (tertiary/aromatic N) is 1. The van der Waals surface area contributed by atoms with Crippen LogP contribution in [0.2, 0.25) is 0 Å². The van der Waals surface area contributed by atoms with Crippen LogP contribution in [-0.4, -0.2) is 205 Å². The van der Waals surface area contributed by atoms with Crippen molar-refractivity contribution in [3.8, 4) is 0 Å². The molecule has 59 heavy (non-hydrogen) atoms. The van der Waals surface area contributed by atoms with Gasteiger partial charge in [-0.25, -0.2) is 4.79 Å². The molecule has 4 fully saturated rings. The Labute approximate surface area is 339 Å². The van der Waals surface area contributed by atoms with Gasteiger partial charge in [-0.3, -0.25) is 14.4 Å². The summed E-state index contributed by atoms with van der Waals surface area (Å²) in [5, 5.41) is 106. The van der Waals surface area contributed by atoms with Crippen molar-refractivity contribution >= 4 is 23.7 Å². The molecular formula is C36H60N2O21.